The van der Waals surface area contributed by atoms with Crippen molar-refractivity contribution in [1.29, 1.82) is 0 Å². The Balaban J connectivity index is 1.95. The molecule has 0 radical (unpaired) electrons. The summed E-state index contributed by atoms with van der Waals surface area (Å²) in [6.07, 6.45) is -0.749. The van der Waals surface area contributed by atoms with Crippen LogP contribution in [0.1, 0.15) is 33.2 Å². The number of carbonyl (C=O) groups excluding carboxylic acids is 1. The minimum atomic E-state index is -0.749. The number of benzene rings is 2. The van der Waals surface area contributed by atoms with Gasteiger partial charge >= 0.3 is 0 Å². The van der Waals surface area contributed by atoms with E-state index in [0.717, 1.165) is 22.4 Å². The summed E-state index contributed by atoms with van der Waals surface area (Å²) in [6.45, 7) is 4.14. The zero-order valence-electron chi connectivity index (χ0n) is 13.1. The van der Waals surface area contributed by atoms with Gasteiger partial charge in [0.2, 0.25) is 0 Å². The van der Waals surface area contributed by atoms with Gasteiger partial charge in [0.1, 0.15) is 5.75 Å². The van der Waals surface area contributed by atoms with Crippen LogP contribution >= 0.6 is 0 Å². The molecule has 0 bridgehead atoms. The van der Waals surface area contributed by atoms with Crippen LogP contribution in [0.2, 0.25) is 0 Å². The van der Waals surface area contributed by atoms with Crippen molar-refractivity contribution in [2.45, 2.75) is 20.0 Å². The van der Waals surface area contributed by atoms with E-state index >= 15 is 0 Å². The van der Waals surface area contributed by atoms with Crippen molar-refractivity contribution in [1.82, 2.24) is 5.32 Å². The Labute approximate surface area is 130 Å². The second kappa shape index (κ2) is 7.09. The fourth-order valence-corrected chi connectivity index (χ4v) is 2.12. The van der Waals surface area contributed by atoms with Gasteiger partial charge in [-0.15, -0.1) is 0 Å². The fourth-order valence-electron chi connectivity index (χ4n) is 2.12. The monoisotopic (exact) mass is 299 g/mol. The number of carbonyl (C=O) groups is 1. The van der Waals surface area contributed by atoms with E-state index < -0.39 is 6.10 Å². The number of aryl methyl sites for hydroxylation is 2. The van der Waals surface area contributed by atoms with Crippen LogP contribution in [0.4, 0.5) is 0 Å². The highest BCUT2D eigenvalue weighted by molar-refractivity contribution is 5.94. The molecule has 116 valence electrons. The van der Waals surface area contributed by atoms with Crippen molar-refractivity contribution >= 4 is 5.91 Å². The summed E-state index contributed by atoms with van der Waals surface area (Å²) in [5.74, 6) is 0.547. The number of nitrogens with one attached hydrogen (secondary N) is 1. The van der Waals surface area contributed by atoms with E-state index in [1.54, 1.807) is 37.4 Å². The predicted molar refractivity (Wildman–Crippen MR) is 86.2 cm³/mol. The molecule has 2 aromatic rings. The number of hydrogen-bond donors (Lipinski definition) is 2. The molecule has 0 aromatic heterocycles. The highest BCUT2D eigenvalue weighted by Gasteiger charge is 2.11. The topological polar surface area (TPSA) is 58.6 Å². The number of hydrogen-bond acceptors (Lipinski definition) is 3. The van der Waals surface area contributed by atoms with E-state index in [9.17, 15) is 9.90 Å². The summed E-state index contributed by atoms with van der Waals surface area (Å²) in [4.78, 5) is 12.1. The SMILES string of the molecule is COc1ccc(C(O)CNC(=O)c2ccc(C)c(C)c2)cc1. The molecule has 2 aromatic carbocycles. The molecule has 2 N–H and O–H groups in total. The second-order valence-electron chi connectivity index (χ2n) is 5.30. The molecular weight excluding hydrogens is 278 g/mol. The molecule has 0 fully saturated rings. The lowest BCUT2D eigenvalue weighted by molar-refractivity contribution is 0.0916. The number of methoxy groups -OCH3 is 1. The van der Waals surface area contributed by atoms with Crippen LogP contribution in [0.3, 0.4) is 0 Å². The lowest BCUT2D eigenvalue weighted by Crippen LogP contribution is -2.28. The first-order chi connectivity index (χ1) is 10.5. The van der Waals surface area contributed by atoms with Crippen molar-refractivity contribution in [3.05, 3.63) is 64.7 Å². The third-order valence-electron chi connectivity index (χ3n) is 3.73. The van der Waals surface area contributed by atoms with Crippen LogP contribution < -0.4 is 10.1 Å². The molecule has 0 saturated heterocycles. The van der Waals surface area contributed by atoms with E-state index in [1.165, 1.54) is 0 Å². The van der Waals surface area contributed by atoms with Gasteiger partial charge in [0.15, 0.2) is 0 Å². The highest BCUT2D eigenvalue weighted by Crippen LogP contribution is 2.17. The zero-order chi connectivity index (χ0) is 16.1. The van der Waals surface area contributed by atoms with Crippen LogP contribution in [-0.4, -0.2) is 24.7 Å². The maximum atomic E-state index is 12.1. The Bertz CT molecular complexity index is 650. The first-order valence-electron chi connectivity index (χ1n) is 7.18. The Morgan fingerprint density at radius 2 is 1.82 bits per heavy atom. The van der Waals surface area contributed by atoms with Crippen LogP contribution in [0.15, 0.2) is 42.5 Å². The number of aliphatic hydroxyl groups is 1. The van der Waals surface area contributed by atoms with Gasteiger partial charge in [-0.1, -0.05) is 18.2 Å². The second-order valence-corrected chi connectivity index (χ2v) is 5.30. The fraction of sp³-hybridized carbons (Fsp3) is 0.278. The Morgan fingerprint density at radius 1 is 1.14 bits per heavy atom. The Morgan fingerprint density at radius 3 is 2.41 bits per heavy atom. The largest absolute Gasteiger partial charge is 0.497 e. The van der Waals surface area contributed by atoms with E-state index in [2.05, 4.69) is 5.32 Å². The molecule has 0 saturated carbocycles. The molecule has 0 aliphatic heterocycles. The number of ether oxygens (including phenoxy) is 1. The zero-order valence-corrected chi connectivity index (χ0v) is 13.1. The molecular formula is C18H21NO3. The number of aliphatic hydroxyl groups excluding tert-OH is 1. The maximum absolute atomic E-state index is 12.1. The Hall–Kier alpha value is -2.33. The molecule has 4 heteroatoms. The molecule has 1 unspecified atom stereocenters. The van der Waals surface area contributed by atoms with Crippen molar-refractivity contribution in [3.63, 3.8) is 0 Å². The lowest BCUT2D eigenvalue weighted by Gasteiger charge is -2.13. The lowest BCUT2D eigenvalue weighted by atomic mass is 10.1. The van der Waals surface area contributed by atoms with Gasteiger partial charge in [0.05, 0.1) is 13.2 Å². The van der Waals surface area contributed by atoms with Gasteiger partial charge in [-0.25, -0.2) is 0 Å². The molecule has 0 spiro atoms. The average Bonchev–Trinajstić information content (AvgIpc) is 2.54. The quantitative estimate of drug-likeness (QED) is 0.892. The predicted octanol–water partition coefficient (Wildman–Crippen LogP) is 2.78. The van der Waals surface area contributed by atoms with E-state index in [-0.39, 0.29) is 12.5 Å². The van der Waals surface area contributed by atoms with Gasteiger partial charge in [0, 0.05) is 12.1 Å². The van der Waals surface area contributed by atoms with Crippen molar-refractivity contribution in [2.75, 3.05) is 13.7 Å². The summed E-state index contributed by atoms with van der Waals surface area (Å²) in [5, 5.41) is 12.9. The molecule has 1 atom stereocenters. The van der Waals surface area contributed by atoms with Crippen LogP contribution in [-0.2, 0) is 0 Å². The standard InChI is InChI=1S/C18H21NO3/c1-12-4-5-15(10-13(12)2)18(21)19-11-17(20)14-6-8-16(22-3)9-7-14/h4-10,17,20H,11H2,1-3H3,(H,19,21). The van der Waals surface area contributed by atoms with Crippen molar-refractivity contribution in [3.8, 4) is 5.75 Å². The molecule has 0 aliphatic carbocycles. The summed E-state index contributed by atoms with van der Waals surface area (Å²) in [5.41, 5.74) is 3.56. The van der Waals surface area contributed by atoms with Gasteiger partial charge in [-0.3, -0.25) is 4.79 Å². The van der Waals surface area contributed by atoms with E-state index in [4.69, 9.17) is 4.74 Å². The van der Waals surface area contributed by atoms with Crippen LogP contribution in [0.25, 0.3) is 0 Å². The van der Waals surface area contributed by atoms with Gasteiger partial charge in [-0.2, -0.15) is 0 Å². The molecule has 0 aliphatic rings. The minimum absolute atomic E-state index is 0.165. The van der Waals surface area contributed by atoms with Gasteiger partial charge < -0.3 is 15.2 Å². The third-order valence-corrected chi connectivity index (χ3v) is 3.73. The molecule has 0 heterocycles. The van der Waals surface area contributed by atoms with E-state index in [1.807, 2.05) is 26.0 Å². The van der Waals surface area contributed by atoms with Gasteiger partial charge in [-0.05, 0) is 54.8 Å². The third kappa shape index (κ3) is 3.86. The summed E-state index contributed by atoms with van der Waals surface area (Å²) in [6, 6.07) is 12.7. The molecule has 22 heavy (non-hydrogen) atoms. The summed E-state index contributed by atoms with van der Waals surface area (Å²) < 4.78 is 5.07. The first kappa shape index (κ1) is 16.0. The van der Waals surface area contributed by atoms with Gasteiger partial charge in [0.25, 0.3) is 5.91 Å². The smallest absolute Gasteiger partial charge is 0.251 e. The summed E-state index contributed by atoms with van der Waals surface area (Å²) >= 11 is 0. The Kier molecular flexibility index (Phi) is 5.17. The van der Waals surface area contributed by atoms with Crippen LogP contribution in [0.5, 0.6) is 5.75 Å². The average molecular weight is 299 g/mol. The minimum Gasteiger partial charge on any atom is -0.497 e. The first-order valence-corrected chi connectivity index (χ1v) is 7.18. The number of rotatable bonds is 5. The molecule has 4 nitrogen and oxygen atoms in total. The summed E-state index contributed by atoms with van der Waals surface area (Å²) in [7, 11) is 1.59. The van der Waals surface area contributed by atoms with Crippen molar-refractivity contribution in [2.24, 2.45) is 0 Å². The highest BCUT2D eigenvalue weighted by atomic mass is 16.5. The number of amides is 1. The van der Waals surface area contributed by atoms with Crippen LogP contribution in [0, 0.1) is 13.8 Å². The molecule has 1 amide bonds. The van der Waals surface area contributed by atoms with Crippen molar-refractivity contribution < 1.29 is 14.6 Å². The maximum Gasteiger partial charge on any atom is 0.251 e. The normalized spacial score (nSPS) is 11.8. The molecule has 2 rings (SSSR count). The van der Waals surface area contributed by atoms with E-state index in [0.29, 0.717) is 5.56 Å².